The van der Waals surface area contributed by atoms with Crippen LogP contribution in [-0.4, -0.2) is 26.3 Å². The highest BCUT2D eigenvalue weighted by atomic mass is 35.5. The van der Waals surface area contributed by atoms with E-state index in [1.807, 2.05) is 5.38 Å². The number of nitrogens with one attached hydrogen (secondary N) is 1. The summed E-state index contributed by atoms with van der Waals surface area (Å²) in [5.74, 6) is -0.0700. The third kappa shape index (κ3) is 4.37. The van der Waals surface area contributed by atoms with Crippen molar-refractivity contribution in [3.8, 4) is 5.82 Å². The Morgan fingerprint density at radius 1 is 1.30 bits per heavy atom. The molecule has 0 aliphatic rings. The van der Waals surface area contributed by atoms with Gasteiger partial charge in [0.2, 0.25) is 0 Å². The highest BCUT2D eigenvalue weighted by molar-refractivity contribution is 7.13. The lowest BCUT2D eigenvalue weighted by atomic mass is 10.3. The highest BCUT2D eigenvalue weighted by Gasteiger charge is 2.30. The molecule has 0 unspecified atom stereocenters. The van der Waals surface area contributed by atoms with Crippen molar-refractivity contribution in [1.82, 2.24) is 19.7 Å². The normalized spacial score (nSPS) is 11.6. The molecule has 0 aromatic carbocycles. The van der Waals surface area contributed by atoms with E-state index in [1.54, 1.807) is 0 Å². The van der Waals surface area contributed by atoms with Crippen LogP contribution in [-0.2, 0) is 12.6 Å². The first kappa shape index (κ1) is 19.1. The quantitative estimate of drug-likeness (QED) is 0.663. The number of halogens is 4. The minimum atomic E-state index is -4.52. The molecule has 0 atom stereocenters. The average molecular weight is 417 g/mol. The number of hydrogen-bond donors (Lipinski definition) is 2. The van der Waals surface area contributed by atoms with E-state index in [2.05, 4.69) is 20.4 Å². The molecule has 3 heterocycles. The van der Waals surface area contributed by atoms with Crippen molar-refractivity contribution in [2.75, 3.05) is 17.6 Å². The zero-order valence-electron chi connectivity index (χ0n) is 13.5. The smallest absolute Gasteiger partial charge is 0.382 e. The fourth-order valence-electron chi connectivity index (χ4n) is 2.16. The largest absolute Gasteiger partial charge is 0.417 e. The van der Waals surface area contributed by atoms with Crippen LogP contribution in [0.25, 0.3) is 5.82 Å². The number of aromatic nitrogens is 4. The highest BCUT2D eigenvalue weighted by Crippen LogP contribution is 2.28. The van der Waals surface area contributed by atoms with Gasteiger partial charge in [0.25, 0.3) is 5.56 Å². The SMILES string of the molecule is Nc1nc(CCNc2cnn(-c3ccc(C(F)(F)F)cn3)c(=O)c2Cl)cs1. The zero-order valence-corrected chi connectivity index (χ0v) is 15.1. The molecule has 27 heavy (non-hydrogen) atoms. The summed E-state index contributed by atoms with van der Waals surface area (Å²) in [4.78, 5) is 20.1. The molecule has 3 rings (SSSR count). The molecule has 12 heteroatoms. The number of nitrogen functional groups attached to an aromatic ring is 1. The molecule has 0 fully saturated rings. The van der Waals surface area contributed by atoms with Gasteiger partial charge in [0, 0.05) is 24.5 Å². The lowest BCUT2D eigenvalue weighted by Crippen LogP contribution is -2.24. The number of hydrogen-bond acceptors (Lipinski definition) is 7. The summed E-state index contributed by atoms with van der Waals surface area (Å²) >= 11 is 7.39. The Bertz CT molecular complexity index is 1000. The molecule has 0 saturated heterocycles. The molecular weight excluding hydrogens is 405 g/mol. The molecule has 0 radical (unpaired) electrons. The molecule has 3 aromatic rings. The van der Waals surface area contributed by atoms with Gasteiger partial charge in [-0.1, -0.05) is 11.6 Å². The molecule has 0 amide bonds. The zero-order chi connectivity index (χ0) is 19.6. The van der Waals surface area contributed by atoms with Crippen molar-refractivity contribution in [2.45, 2.75) is 12.6 Å². The summed E-state index contributed by atoms with van der Waals surface area (Å²) in [5, 5.41) is 9.02. The van der Waals surface area contributed by atoms with Gasteiger partial charge in [-0.2, -0.15) is 23.0 Å². The number of rotatable bonds is 5. The fraction of sp³-hybridized carbons (Fsp3) is 0.200. The molecule has 0 aliphatic carbocycles. The van der Waals surface area contributed by atoms with Crippen molar-refractivity contribution in [2.24, 2.45) is 0 Å². The number of anilines is 2. The van der Waals surface area contributed by atoms with Crippen molar-refractivity contribution >= 4 is 33.8 Å². The van der Waals surface area contributed by atoms with Gasteiger partial charge in [-0.25, -0.2) is 9.97 Å². The van der Waals surface area contributed by atoms with E-state index in [0.717, 1.165) is 22.5 Å². The van der Waals surface area contributed by atoms with Crippen LogP contribution < -0.4 is 16.6 Å². The maximum atomic E-state index is 12.6. The summed E-state index contributed by atoms with van der Waals surface area (Å²) in [7, 11) is 0. The molecule has 3 aromatic heterocycles. The minimum Gasteiger partial charge on any atom is -0.382 e. The van der Waals surface area contributed by atoms with Crippen LogP contribution >= 0.6 is 22.9 Å². The van der Waals surface area contributed by atoms with Crippen molar-refractivity contribution in [3.05, 3.63) is 56.5 Å². The van der Waals surface area contributed by atoms with Gasteiger partial charge in [0.05, 0.1) is 23.1 Å². The number of thiazole rings is 1. The summed E-state index contributed by atoms with van der Waals surface area (Å²) in [6.45, 7) is 0.437. The lowest BCUT2D eigenvalue weighted by Gasteiger charge is -2.10. The first-order valence-electron chi connectivity index (χ1n) is 7.51. The number of alkyl halides is 3. The van der Waals surface area contributed by atoms with Crippen LogP contribution in [0.1, 0.15) is 11.3 Å². The standard InChI is InChI=1S/C15H12ClF3N6OS/c16-12-10(21-4-3-9-7-27-14(20)24-9)6-23-25(13(12)26)11-2-1-8(5-22-11)15(17,18)19/h1-2,5-7,21H,3-4H2,(H2,20,24). The van der Waals surface area contributed by atoms with Crippen LogP contribution in [0, 0.1) is 0 Å². The fourth-order valence-corrected chi connectivity index (χ4v) is 2.95. The minimum absolute atomic E-state index is 0.0700. The van der Waals surface area contributed by atoms with E-state index in [1.165, 1.54) is 17.5 Å². The molecule has 0 spiro atoms. The second kappa shape index (κ2) is 7.53. The summed E-state index contributed by atoms with van der Waals surface area (Å²) in [5.41, 5.74) is 5.03. The number of pyridine rings is 1. The monoisotopic (exact) mass is 416 g/mol. The van der Waals surface area contributed by atoms with E-state index in [9.17, 15) is 18.0 Å². The van der Waals surface area contributed by atoms with Crippen molar-refractivity contribution < 1.29 is 13.2 Å². The maximum Gasteiger partial charge on any atom is 0.417 e. The number of nitrogens with zero attached hydrogens (tertiary/aromatic N) is 4. The first-order valence-corrected chi connectivity index (χ1v) is 8.76. The average Bonchev–Trinajstić information content (AvgIpc) is 3.03. The topological polar surface area (TPSA) is 98.7 Å². The van der Waals surface area contributed by atoms with Crippen LogP contribution in [0.2, 0.25) is 5.02 Å². The molecule has 7 nitrogen and oxygen atoms in total. The van der Waals surface area contributed by atoms with Gasteiger partial charge in [-0.05, 0) is 12.1 Å². The molecule has 0 saturated carbocycles. The Labute approximate surface area is 159 Å². The van der Waals surface area contributed by atoms with E-state index in [0.29, 0.717) is 30.0 Å². The van der Waals surface area contributed by atoms with Crippen molar-refractivity contribution in [1.29, 1.82) is 0 Å². The lowest BCUT2D eigenvalue weighted by molar-refractivity contribution is -0.137. The Balaban J connectivity index is 1.75. The summed E-state index contributed by atoms with van der Waals surface area (Å²) in [6, 6.07) is 1.86. The molecule has 0 bridgehead atoms. The third-order valence-corrected chi connectivity index (χ3v) is 4.57. The van der Waals surface area contributed by atoms with Crippen molar-refractivity contribution in [3.63, 3.8) is 0 Å². The second-order valence-corrected chi connectivity index (χ2v) is 6.61. The van der Waals surface area contributed by atoms with Gasteiger partial charge < -0.3 is 11.1 Å². The third-order valence-electron chi connectivity index (χ3n) is 3.48. The van der Waals surface area contributed by atoms with E-state index < -0.39 is 17.3 Å². The van der Waals surface area contributed by atoms with Gasteiger partial charge in [-0.15, -0.1) is 11.3 Å². The predicted octanol–water partition coefficient (Wildman–Crippen LogP) is 2.99. The van der Waals surface area contributed by atoms with E-state index in [-0.39, 0.29) is 10.8 Å². The van der Waals surface area contributed by atoms with Crippen LogP contribution in [0.4, 0.5) is 24.0 Å². The molecule has 0 aliphatic heterocycles. The van der Waals surface area contributed by atoms with Gasteiger partial charge in [-0.3, -0.25) is 4.79 Å². The van der Waals surface area contributed by atoms with Crippen LogP contribution in [0.15, 0.2) is 34.7 Å². The number of nitrogens with two attached hydrogens (primary N) is 1. The molecule has 142 valence electrons. The second-order valence-electron chi connectivity index (χ2n) is 5.35. The van der Waals surface area contributed by atoms with Gasteiger partial charge in [0.1, 0.15) is 5.02 Å². The molecule has 3 N–H and O–H groups in total. The summed E-state index contributed by atoms with van der Waals surface area (Å²) < 4.78 is 38.6. The first-order chi connectivity index (χ1) is 12.8. The maximum absolute atomic E-state index is 12.6. The van der Waals surface area contributed by atoms with Crippen LogP contribution in [0.5, 0.6) is 0 Å². The Morgan fingerprint density at radius 3 is 2.67 bits per heavy atom. The molecular formula is C15H12ClF3N6OS. The summed E-state index contributed by atoms with van der Waals surface area (Å²) in [6.07, 6.45) is -2.02. The Hall–Kier alpha value is -2.66. The van der Waals surface area contributed by atoms with Crippen LogP contribution in [0.3, 0.4) is 0 Å². The van der Waals surface area contributed by atoms with E-state index in [4.69, 9.17) is 17.3 Å². The Kier molecular flexibility index (Phi) is 5.33. The van der Waals surface area contributed by atoms with Gasteiger partial charge in [0.15, 0.2) is 10.9 Å². The Morgan fingerprint density at radius 2 is 2.07 bits per heavy atom. The van der Waals surface area contributed by atoms with Gasteiger partial charge >= 0.3 is 6.18 Å². The predicted molar refractivity (Wildman–Crippen MR) is 96.4 cm³/mol. The van der Waals surface area contributed by atoms with E-state index >= 15 is 0 Å².